The number of nitrogens with one attached hydrogen (secondary N) is 1. The Morgan fingerprint density at radius 2 is 2.00 bits per heavy atom. The van der Waals surface area contributed by atoms with Gasteiger partial charge < -0.3 is 0 Å². The van der Waals surface area contributed by atoms with Gasteiger partial charge in [-0.15, -0.1) is 5.10 Å². The average Bonchev–Trinajstić information content (AvgIpc) is 2.76. The number of H-pyrrole nitrogens is 1. The zero-order valence-electron chi connectivity index (χ0n) is 9.53. The highest BCUT2D eigenvalue weighted by Crippen LogP contribution is 2.19. The van der Waals surface area contributed by atoms with Crippen LogP contribution in [0.1, 0.15) is 23.9 Å². The Balaban J connectivity index is 1.94. The first-order valence-corrected chi connectivity index (χ1v) is 6.36. The molecule has 0 radical (unpaired) electrons. The van der Waals surface area contributed by atoms with E-state index in [4.69, 9.17) is 0 Å². The van der Waals surface area contributed by atoms with E-state index in [1.165, 1.54) is 11.1 Å². The fourth-order valence-corrected chi connectivity index (χ4v) is 2.11. The van der Waals surface area contributed by atoms with Crippen LogP contribution < -0.4 is 0 Å². The molecule has 0 bridgehead atoms. The molecular formula is C12H15N3S. The molecule has 0 aliphatic rings. The van der Waals surface area contributed by atoms with Gasteiger partial charge in [0.25, 0.3) is 0 Å². The molecular weight excluding hydrogens is 218 g/mol. The largest absolute Gasteiger partial charge is 0.262 e. The van der Waals surface area contributed by atoms with E-state index in [0.717, 1.165) is 23.2 Å². The number of hydrogen-bond donors (Lipinski definition) is 1. The van der Waals surface area contributed by atoms with Gasteiger partial charge in [0.2, 0.25) is 5.16 Å². The molecule has 1 aromatic carbocycles. The van der Waals surface area contributed by atoms with Crippen LogP contribution in [0, 0.1) is 6.92 Å². The maximum atomic E-state index is 4.36. The number of rotatable bonds is 4. The van der Waals surface area contributed by atoms with Gasteiger partial charge in [-0.05, 0) is 12.5 Å². The zero-order valence-corrected chi connectivity index (χ0v) is 10.3. The molecule has 4 heteroatoms. The number of hydrogen-bond acceptors (Lipinski definition) is 3. The molecule has 0 amide bonds. The van der Waals surface area contributed by atoms with Gasteiger partial charge in [0, 0.05) is 12.2 Å². The smallest absolute Gasteiger partial charge is 0.208 e. The molecule has 1 N–H and O–H groups in total. The molecule has 0 unspecified atom stereocenters. The summed E-state index contributed by atoms with van der Waals surface area (Å²) in [7, 11) is 0. The number of aromatic amines is 1. The summed E-state index contributed by atoms with van der Waals surface area (Å²) in [6.07, 6.45) is 0.901. The Kier molecular flexibility index (Phi) is 3.62. The first kappa shape index (κ1) is 11.2. The molecule has 3 nitrogen and oxygen atoms in total. The van der Waals surface area contributed by atoms with Gasteiger partial charge in [0.1, 0.15) is 5.82 Å². The Morgan fingerprint density at radius 1 is 1.25 bits per heavy atom. The Morgan fingerprint density at radius 3 is 2.62 bits per heavy atom. The highest BCUT2D eigenvalue weighted by atomic mass is 32.2. The Bertz CT molecular complexity index is 448. The second-order valence-corrected chi connectivity index (χ2v) is 4.64. The van der Waals surface area contributed by atoms with Crippen molar-refractivity contribution in [2.24, 2.45) is 0 Å². The van der Waals surface area contributed by atoms with Crippen LogP contribution in [0.15, 0.2) is 29.4 Å². The molecule has 0 saturated carbocycles. The maximum absolute atomic E-state index is 4.36. The van der Waals surface area contributed by atoms with Crippen molar-refractivity contribution in [1.29, 1.82) is 0 Å². The summed E-state index contributed by atoms with van der Waals surface area (Å²) in [6.45, 7) is 4.16. The molecule has 2 rings (SSSR count). The lowest BCUT2D eigenvalue weighted by molar-refractivity contribution is 0.941. The van der Waals surface area contributed by atoms with Crippen molar-refractivity contribution < 1.29 is 0 Å². The van der Waals surface area contributed by atoms with Crippen molar-refractivity contribution >= 4 is 11.8 Å². The second kappa shape index (κ2) is 5.16. The van der Waals surface area contributed by atoms with Gasteiger partial charge in [-0.2, -0.15) is 0 Å². The zero-order chi connectivity index (χ0) is 11.4. The minimum Gasteiger partial charge on any atom is -0.262 e. The Hall–Kier alpha value is -1.29. The number of aryl methyl sites for hydroxylation is 2. The van der Waals surface area contributed by atoms with E-state index >= 15 is 0 Å². The first-order valence-electron chi connectivity index (χ1n) is 5.37. The predicted octanol–water partition coefficient (Wildman–Crippen LogP) is 2.97. The normalized spacial score (nSPS) is 10.6. The summed E-state index contributed by atoms with van der Waals surface area (Å²) in [4.78, 5) is 4.36. The quantitative estimate of drug-likeness (QED) is 0.825. The average molecular weight is 233 g/mol. The van der Waals surface area contributed by atoms with Crippen LogP contribution in [0.4, 0.5) is 0 Å². The summed E-state index contributed by atoms with van der Waals surface area (Å²) in [5, 5.41) is 7.90. The lowest BCUT2D eigenvalue weighted by atomic mass is 10.2. The third-order valence-corrected chi connectivity index (χ3v) is 3.25. The summed E-state index contributed by atoms with van der Waals surface area (Å²) < 4.78 is 0. The monoisotopic (exact) mass is 233 g/mol. The minimum absolute atomic E-state index is 0.831. The predicted molar refractivity (Wildman–Crippen MR) is 66.5 cm³/mol. The Labute approximate surface area is 99.7 Å². The number of thioether (sulfide) groups is 1. The number of nitrogens with zero attached hydrogens (tertiary/aromatic N) is 2. The summed E-state index contributed by atoms with van der Waals surface area (Å²) in [6, 6.07) is 8.56. The van der Waals surface area contributed by atoms with Crippen LogP contribution in [0.25, 0.3) is 0 Å². The van der Waals surface area contributed by atoms with E-state index in [1.54, 1.807) is 11.8 Å². The molecule has 84 valence electrons. The van der Waals surface area contributed by atoms with Crippen LogP contribution in [-0.4, -0.2) is 15.2 Å². The van der Waals surface area contributed by atoms with Gasteiger partial charge in [-0.25, -0.2) is 4.98 Å². The van der Waals surface area contributed by atoms with Gasteiger partial charge >= 0.3 is 0 Å². The summed E-state index contributed by atoms with van der Waals surface area (Å²) >= 11 is 1.66. The molecule has 0 fully saturated rings. The van der Waals surface area contributed by atoms with Gasteiger partial charge in [0.15, 0.2) is 0 Å². The van der Waals surface area contributed by atoms with Crippen molar-refractivity contribution in [2.45, 2.75) is 31.2 Å². The molecule has 0 spiro atoms. The van der Waals surface area contributed by atoms with Gasteiger partial charge in [-0.3, -0.25) is 5.10 Å². The van der Waals surface area contributed by atoms with Crippen LogP contribution in [-0.2, 0) is 12.2 Å². The fourth-order valence-electron chi connectivity index (χ4n) is 1.33. The van der Waals surface area contributed by atoms with Crippen molar-refractivity contribution in [3.8, 4) is 0 Å². The minimum atomic E-state index is 0.831. The number of benzene rings is 1. The van der Waals surface area contributed by atoms with Crippen LogP contribution >= 0.6 is 11.8 Å². The van der Waals surface area contributed by atoms with Crippen molar-refractivity contribution in [1.82, 2.24) is 15.2 Å². The van der Waals surface area contributed by atoms with Crippen molar-refractivity contribution in [2.75, 3.05) is 0 Å². The fraction of sp³-hybridized carbons (Fsp3) is 0.333. The van der Waals surface area contributed by atoms with Crippen LogP contribution in [0.2, 0.25) is 0 Å². The van der Waals surface area contributed by atoms with E-state index in [9.17, 15) is 0 Å². The van der Waals surface area contributed by atoms with E-state index in [-0.39, 0.29) is 0 Å². The molecule has 1 aromatic heterocycles. The molecule has 0 aliphatic carbocycles. The lowest BCUT2D eigenvalue weighted by Crippen LogP contribution is -1.83. The van der Waals surface area contributed by atoms with Crippen LogP contribution in [0.3, 0.4) is 0 Å². The van der Waals surface area contributed by atoms with E-state index < -0.39 is 0 Å². The lowest BCUT2D eigenvalue weighted by Gasteiger charge is -1.98. The summed E-state index contributed by atoms with van der Waals surface area (Å²) in [5.41, 5.74) is 2.60. The molecule has 2 aromatic rings. The molecule has 0 atom stereocenters. The van der Waals surface area contributed by atoms with E-state index in [1.807, 2.05) is 0 Å². The maximum Gasteiger partial charge on any atom is 0.208 e. The summed E-state index contributed by atoms with van der Waals surface area (Å²) in [5.74, 6) is 1.87. The third kappa shape index (κ3) is 2.85. The standard InChI is InChI=1S/C12H15N3S/c1-3-11-13-12(15-14-11)16-8-10-6-4-9(2)5-7-10/h4-7H,3,8H2,1-2H3,(H,13,14,15). The molecule has 0 aliphatic heterocycles. The van der Waals surface area contributed by atoms with Crippen molar-refractivity contribution in [3.05, 3.63) is 41.2 Å². The topological polar surface area (TPSA) is 41.6 Å². The SMILES string of the molecule is CCc1nc(SCc2ccc(C)cc2)n[nH]1. The number of aromatic nitrogens is 3. The highest BCUT2D eigenvalue weighted by Gasteiger charge is 2.02. The van der Waals surface area contributed by atoms with Gasteiger partial charge in [-0.1, -0.05) is 48.5 Å². The molecule has 0 saturated heterocycles. The van der Waals surface area contributed by atoms with Crippen LogP contribution in [0.5, 0.6) is 0 Å². The van der Waals surface area contributed by atoms with Gasteiger partial charge in [0.05, 0.1) is 0 Å². The second-order valence-electron chi connectivity index (χ2n) is 3.69. The van der Waals surface area contributed by atoms with E-state index in [0.29, 0.717) is 0 Å². The first-order chi connectivity index (χ1) is 7.78. The molecule has 1 heterocycles. The van der Waals surface area contributed by atoms with E-state index in [2.05, 4.69) is 53.3 Å². The third-order valence-electron chi connectivity index (χ3n) is 2.33. The van der Waals surface area contributed by atoms with Crippen molar-refractivity contribution in [3.63, 3.8) is 0 Å². The molecule has 16 heavy (non-hydrogen) atoms. The highest BCUT2D eigenvalue weighted by molar-refractivity contribution is 7.98.